The van der Waals surface area contributed by atoms with Crippen LogP contribution in [0.5, 0.6) is 0 Å². The van der Waals surface area contributed by atoms with Gasteiger partial charge in [0.05, 0.1) is 25.4 Å². The van der Waals surface area contributed by atoms with Crippen LogP contribution in [0, 0.1) is 0 Å². The first-order chi connectivity index (χ1) is 40.8. The van der Waals surface area contributed by atoms with Gasteiger partial charge in [-0.3, -0.25) is 4.79 Å². The van der Waals surface area contributed by atoms with Crippen molar-refractivity contribution in [2.24, 2.45) is 0 Å². The molecule has 7 unspecified atom stereocenters. The minimum atomic E-state index is -1.58. The van der Waals surface area contributed by atoms with E-state index in [1.807, 2.05) is 6.08 Å². The van der Waals surface area contributed by atoms with Gasteiger partial charge in [-0.25, -0.2) is 0 Å². The Labute approximate surface area is 509 Å². The van der Waals surface area contributed by atoms with Crippen molar-refractivity contribution in [3.63, 3.8) is 0 Å². The van der Waals surface area contributed by atoms with Crippen molar-refractivity contribution < 1.29 is 39.8 Å². The van der Waals surface area contributed by atoms with E-state index in [1.54, 1.807) is 6.08 Å². The van der Waals surface area contributed by atoms with Gasteiger partial charge in [0.1, 0.15) is 24.4 Å². The van der Waals surface area contributed by atoms with Crippen LogP contribution in [-0.2, 0) is 14.3 Å². The van der Waals surface area contributed by atoms with Gasteiger partial charge >= 0.3 is 0 Å². The number of hydrogen-bond acceptors (Lipinski definition) is 8. The molecule has 0 aromatic rings. The summed E-state index contributed by atoms with van der Waals surface area (Å²) < 4.78 is 11.3. The summed E-state index contributed by atoms with van der Waals surface area (Å²) in [6, 6.07) is -0.836. The molecule has 9 heteroatoms. The van der Waals surface area contributed by atoms with E-state index in [4.69, 9.17) is 9.47 Å². The van der Waals surface area contributed by atoms with E-state index >= 15 is 0 Å². The number of carbonyl (C=O) groups excluding carboxylic acids is 1. The van der Waals surface area contributed by atoms with Crippen molar-refractivity contribution in [1.82, 2.24) is 5.32 Å². The fourth-order valence-corrected chi connectivity index (χ4v) is 9.91. The topological polar surface area (TPSA) is 149 Å². The Kier molecular flexibility index (Phi) is 57.2. The molecule has 0 radical (unpaired) electrons. The maximum atomic E-state index is 13.1. The van der Waals surface area contributed by atoms with Gasteiger partial charge in [-0.05, 0) is 109 Å². The summed E-state index contributed by atoms with van der Waals surface area (Å²) in [5.41, 5.74) is 0. The quantitative estimate of drug-likeness (QED) is 0.0261. The molecule has 9 nitrogen and oxygen atoms in total. The second kappa shape index (κ2) is 61.4. The van der Waals surface area contributed by atoms with Crippen LogP contribution in [-0.4, -0.2) is 87.5 Å². The zero-order valence-electron chi connectivity index (χ0n) is 52.9. The molecule has 1 rings (SSSR count). The molecule has 0 aromatic heterocycles. The van der Waals surface area contributed by atoms with Crippen LogP contribution in [0.4, 0.5) is 0 Å². The minimum absolute atomic E-state index is 0.193. The average molecular weight is 1160 g/mol. The van der Waals surface area contributed by atoms with Crippen LogP contribution in [0.15, 0.2) is 134 Å². The number of hydrogen-bond donors (Lipinski definition) is 6. The minimum Gasteiger partial charge on any atom is -0.394 e. The molecule has 0 aromatic carbocycles. The normalized spacial score (nSPS) is 19.1. The van der Waals surface area contributed by atoms with Crippen molar-refractivity contribution >= 4 is 5.91 Å². The molecule has 0 saturated carbocycles. The number of aliphatic hydroxyl groups is 5. The molecule has 1 amide bonds. The molecule has 1 aliphatic heterocycles. The maximum Gasteiger partial charge on any atom is 0.220 e. The first-order valence-corrected chi connectivity index (χ1v) is 33.9. The van der Waals surface area contributed by atoms with Gasteiger partial charge in [0.2, 0.25) is 5.91 Å². The SMILES string of the molecule is CC/C=C\C/C=C\C/C=C\C/C=C\C/C=C\C/C=C\C/C=C\C/C=C\CCCCCCCCCCCCCCCCCCC(=O)NC(COC1OC(CO)C(O)C(O)C1O)C(O)/C=C/CC/C=C/CC/C=C/CCCCCCCCCCC. The third kappa shape index (κ3) is 50.2. The largest absolute Gasteiger partial charge is 0.394 e. The van der Waals surface area contributed by atoms with Crippen molar-refractivity contribution in [1.29, 1.82) is 0 Å². The van der Waals surface area contributed by atoms with Crippen LogP contribution in [0.2, 0.25) is 0 Å². The average Bonchev–Trinajstić information content (AvgIpc) is 3.61. The lowest BCUT2D eigenvalue weighted by Crippen LogP contribution is -2.60. The van der Waals surface area contributed by atoms with E-state index in [0.29, 0.717) is 6.42 Å². The van der Waals surface area contributed by atoms with E-state index in [0.717, 1.165) is 103 Å². The van der Waals surface area contributed by atoms with Crippen LogP contribution in [0.3, 0.4) is 0 Å². The van der Waals surface area contributed by atoms with Crippen LogP contribution in [0.1, 0.15) is 271 Å². The molecule has 1 fully saturated rings. The molecule has 83 heavy (non-hydrogen) atoms. The molecule has 1 saturated heterocycles. The number of ether oxygens (including phenoxy) is 2. The second-order valence-corrected chi connectivity index (χ2v) is 22.9. The predicted molar refractivity (Wildman–Crippen MR) is 354 cm³/mol. The Hall–Kier alpha value is -3.67. The summed E-state index contributed by atoms with van der Waals surface area (Å²) in [6.07, 6.45) is 86.9. The van der Waals surface area contributed by atoms with Crippen molar-refractivity contribution in [3.8, 4) is 0 Å². The van der Waals surface area contributed by atoms with E-state index < -0.39 is 49.5 Å². The van der Waals surface area contributed by atoms with Gasteiger partial charge in [0.15, 0.2) is 6.29 Å². The molecule has 6 N–H and O–H groups in total. The van der Waals surface area contributed by atoms with Gasteiger partial charge in [0, 0.05) is 6.42 Å². The summed E-state index contributed by atoms with van der Waals surface area (Å²) >= 11 is 0. The molecule has 474 valence electrons. The van der Waals surface area contributed by atoms with Gasteiger partial charge in [0.25, 0.3) is 0 Å². The second-order valence-electron chi connectivity index (χ2n) is 22.9. The fourth-order valence-electron chi connectivity index (χ4n) is 9.91. The zero-order valence-corrected chi connectivity index (χ0v) is 52.9. The third-order valence-corrected chi connectivity index (χ3v) is 15.2. The Morgan fingerprint density at radius 1 is 0.422 bits per heavy atom. The third-order valence-electron chi connectivity index (χ3n) is 15.2. The Balaban J connectivity index is 2.13. The standard InChI is InChI=1S/C74H125NO8/c1-3-5-7-9-11-13-15-17-19-21-23-24-25-26-27-28-29-30-31-32-33-34-35-36-37-38-39-40-41-42-43-44-46-48-50-52-54-56-58-60-62-64-70(78)75-67(66-82-74-73(81)72(80)71(79)69(65-76)83-74)68(77)63-61-59-57-55-53-51-49-47-45-22-20-18-16-14-12-10-8-6-4-2/h5,7,11,13,17,19,23-24,26-27,29-30,32-33,35-36,45,47,53,55,61,63,67-69,71-74,76-77,79-81H,3-4,6,8-10,12,14-16,18,20-22,25,28,31,34,37-44,46,48-52,54,56-60,62,64-66H2,1-2H3,(H,75,78)/b7-5-,13-11-,19-17-,24-23-,27-26-,30-29-,33-32-,36-35-,47-45+,55-53+,63-61+. The summed E-state index contributed by atoms with van der Waals surface area (Å²) in [7, 11) is 0. The number of rotatable bonds is 57. The number of nitrogens with one attached hydrogen (secondary N) is 1. The van der Waals surface area contributed by atoms with Crippen molar-refractivity contribution in [2.75, 3.05) is 13.2 Å². The highest BCUT2D eigenvalue weighted by Crippen LogP contribution is 2.23. The van der Waals surface area contributed by atoms with E-state index in [9.17, 15) is 30.3 Å². The molecular formula is C74H125NO8. The molecular weight excluding hydrogens is 1030 g/mol. The molecule has 7 atom stereocenters. The number of aliphatic hydroxyl groups excluding tert-OH is 5. The van der Waals surface area contributed by atoms with Gasteiger partial charge < -0.3 is 40.3 Å². The van der Waals surface area contributed by atoms with Crippen LogP contribution >= 0.6 is 0 Å². The summed E-state index contributed by atoms with van der Waals surface area (Å²) in [6.45, 7) is 3.65. The first-order valence-electron chi connectivity index (χ1n) is 33.9. The summed E-state index contributed by atoms with van der Waals surface area (Å²) in [4.78, 5) is 13.1. The summed E-state index contributed by atoms with van der Waals surface area (Å²) in [5, 5.41) is 54.6. The molecule has 1 heterocycles. The Morgan fingerprint density at radius 3 is 1.16 bits per heavy atom. The van der Waals surface area contributed by atoms with Crippen LogP contribution < -0.4 is 5.32 Å². The molecule has 1 aliphatic rings. The van der Waals surface area contributed by atoms with Crippen LogP contribution in [0.25, 0.3) is 0 Å². The van der Waals surface area contributed by atoms with Gasteiger partial charge in [-0.1, -0.05) is 289 Å². The molecule has 0 aliphatic carbocycles. The van der Waals surface area contributed by atoms with E-state index in [2.05, 4.69) is 141 Å². The monoisotopic (exact) mass is 1160 g/mol. The lowest BCUT2D eigenvalue weighted by Gasteiger charge is -2.40. The molecule has 0 bridgehead atoms. The zero-order chi connectivity index (χ0) is 60.0. The highest BCUT2D eigenvalue weighted by Gasteiger charge is 2.44. The Bertz CT molecular complexity index is 1770. The fraction of sp³-hybridized carbons (Fsp3) is 0.689. The predicted octanol–water partition coefficient (Wildman–Crippen LogP) is 18.4. The van der Waals surface area contributed by atoms with Crippen molar-refractivity contribution in [2.45, 2.75) is 314 Å². The lowest BCUT2D eigenvalue weighted by molar-refractivity contribution is -0.302. The highest BCUT2D eigenvalue weighted by molar-refractivity contribution is 5.76. The smallest absolute Gasteiger partial charge is 0.220 e. The maximum absolute atomic E-state index is 13.1. The number of allylic oxidation sites excluding steroid dienone is 21. The molecule has 0 spiro atoms. The van der Waals surface area contributed by atoms with Gasteiger partial charge in [-0.2, -0.15) is 0 Å². The number of carbonyl (C=O) groups is 1. The van der Waals surface area contributed by atoms with E-state index in [1.165, 1.54) is 148 Å². The van der Waals surface area contributed by atoms with Crippen molar-refractivity contribution in [3.05, 3.63) is 134 Å². The number of amides is 1. The highest BCUT2D eigenvalue weighted by atomic mass is 16.7. The summed E-state index contributed by atoms with van der Waals surface area (Å²) in [5.74, 6) is -0.193. The lowest BCUT2D eigenvalue weighted by atomic mass is 9.99. The first kappa shape index (κ1) is 77.3. The van der Waals surface area contributed by atoms with Gasteiger partial charge in [-0.15, -0.1) is 0 Å². The Morgan fingerprint density at radius 2 is 0.759 bits per heavy atom. The van der Waals surface area contributed by atoms with E-state index in [-0.39, 0.29) is 12.5 Å². The number of unbranched alkanes of at least 4 members (excludes halogenated alkanes) is 27.